The Morgan fingerprint density at radius 3 is 2.80 bits per heavy atom. The normalized spacial score (nSPS) is 19.8. The van der Waals surface area contributed by atoms with Crippen LogP contribution in [-0.2, 0) is 22.1 Å². The van der Waals surface area contributed by atoms with Gasteiger partial charge >= 0.3 is 0 Å². The van der Waals surface area contributed by atoms with E-state index in [0.29, 0.717) is 18.1 Å². The van der Waals surface area contributed by atoms with Gasteiger partial charge in [0.05, 0.1) is 19.2 Å². The Morgan fingerprint density at radius 1 is 1.40 bits per heavy atom. The lowest BCUT2D eigenvalue weighted by atomic mass is 10.2. The summed E-state index contributed by atoms with van der Waals surface area (Å²) >= 11 is 0. The first-order valence-electron chi connectivity index (χ1n) is 6.27. The number of β-lactam (4-membered cyclic amide) rings is 1. The van der Waals surface area contributed by atoms with Gasteiger partial charge in [-0.1, -0.05) is 30.3 Å². The highest BCUT2D eigenvalue weighted by molar-refractivity contribution is 7.85. The van der Waals surface area contributed by atoms with Crippen molar-refractivity contribution in [2.24, 2.45) is 0 Å². The third-order valence-electron chi connectivity index (χ3n) is 3.32. The third kappa shape index (κ3) is 2.38. The summed E-state index contributed by atoms with van der Waals surface area (Å²) in [6, 6.07) is 9.64. The minimum Gasteiger partial charge on any atom is -0.439 e. The van der Waals surface area contributed by atoms with Crippen LogP contribution >= 0.6 is 0 Å². The van der Waals surface area contributed by atoms with Gasteiger partial charge in [0, 0.05) is 22.6 Å². The number of aromatic nitrogens is 1. The Balaban J connectivity index is 1.75. The van der Waals surface area contributed by atoms with Crippen LogP contribution in [0.5, 0.6) is 0 Å². The number of hydrogen-bond acceptors (Lipinski definition) is 4. The molecule has 20 heavy (non-hydrogen) atoms. The smallest absolute Gasteiger partial charge is 0.227 e. The first kappa shape index (κ1) is 13.1. The summed E-state index contributed by atoms with van der Waals surface area (Å²) < 4.78 is 17.1. The average Bonchev–Trinajstić information content (AvgIpc) is 2.91. The van der Waals surface area contributed by atoms with E-state index in [9.17, 15) is 9.00 Å². The van der Waals surface area contributed by atoms with Crippen LogP contribution in [0.25, 0.3) is 11.3 Å². The molecule has 0 saturated carbocycles. The van der Waals surface area contributed by atoms with E-state index < -0.39 is 10.8 Å². The van der Waals surface area contributed by atoms with E-state index in [1.54, 1.807) is 17.4 Å². The lowest BCUT2D eigenvalue weighted by molar-refractivity contribution is -0.143. The maximum absolute atomic E-state index is 11.5. The minimum atomic E-state index is -1.04. The van der Waals surface area contributed by atoms with Gasteiger partial charge in [0.15, 0.2) is 5.76 Å². The zero-order valence-electron chi connectivity index (χ0n) is 11.0. The van der Waals surface area contributed by atoms with E-state index >= 15 is 0 Å². The fourth-order valence-corrected chi connectivity index (χ4v) is 3.10. The van der Waals surface area contributed by atoms with Crippen molar-refractivity contribution in [3.05, 3.63) is 42.4 Å². The highest BCUT2D eigenvalue weighted by Crippen LogP contribution is 2.26. The molecule has 1 fully saturated rings. The molecule has 0 radical (unpaired) electrons. The van der Waals surface area contributed by atoms with Crippen LogP contribution in [-0.4, -0.2) is 31.6 Å². The van der Waals surface area contributed by atoms with Crippen molar-refractivity contribution in [3.8, 4) is 11.3 Å². The van der Waals surface area contributed by atoms with Crippen molar-refractivity contribution < 1.29 is 13.4 Å². The molecule has 1 aliphatic rings. The first-order valence-corrected chi connectivity index (χ1v) is 7.89. The molecule has 0 N–H and O–H groups in total. The summed E-state index contributed by atoms with van der Waals surface area (Å²) in [7, 11) is -1.04. The van der Waals surface area contributed by atoms with Crippen molar-refractivity contribution in [3.63, 3.8) is 0 Å². The van der Waals surface area contributed by atoms with Gasteiger partial charge in [-0.3, -0.25) is 9.00 Å². The van der Waals surface area contributed by atoms with E-state index in [1.165, 1.54) is 0 Å². The first-order chi connectivity index (χ1) is 9.65. The molecule has 2 aromatic rings. The molecule has 2 unspecified atom stereocenters. The standard InChI is InChI=1S/C14H14N2O3S/c1-20(18)14-7-13(17)16(14)9-12-15-8-11(19-12)10-5-3-2-4-6-10/h2-6,8,14H,7,9H2,1H3. The molecular formula is C14H14N2O3S. The van der Waals surface area contributed by atoms with Crippen LogP contribution in [0.15, 0.2) is 40.9 Å². The molecule has 2 atom stereocenters. The number of amides is 1. The van der Waals surface area contributed by atoms with E-state index in [-0.39, 0.29) is 17.8 Å². The molecule has 3 rings (SSSR count). The fourth-order valence-electron chi connectivity index (χ4n) is 2.18. The summed E-state index contributed by atoms with van der Waals surface area (Å²) in [6.45, 7) is 0.274. The number of oxazole rings is 1. The molecule has 6 heteroatoms. The minimum absolute atomic E-state index is 0.00957. The zero-order chi connectivity index (χ0) is 14.1. The summed E-state index contributed by atoms with van der Waals surface area (Å²) in [4.78, 5) is 17.3. The second kappa shape index (κ2) is 5.20. The Kier molecular flexibility index (Phi) is 3.40. The second-order valence-electron chi connectivity index (χ2n) is 4.66. The van der Waals surface area contributed by atoms with Crippen molar-refractivity contribution in [2.45, 2.75) is 18.3 Å². The van der Waals surface area contributed by atoms with Crippen LogP contribution in [0.1, 0.15) is 12.3 Å². The van der Waals surface area contributed by atoms with Crippen LogP contribution in [0.2, 0.25) is 0 Å². The van der Waals surface area contributed by atoms with Gasteiger partial charge in [0.2, 0.25) is 11.8 Å². The SMILES string of the molecule is CS(=O)C1CC(=O)N1Cc1ncc(-c2ccccc2)o1. The molecule has 1 aromatic carbocycles. The van der Waals surface area contributed by atoms with Crippen molar-refractivity contribution in [1.29, 1.82) is 0 Å². The van der Waals surface area contributed by atoms with E-state index in [4.69, 9.17) is 4.42 Å². The van der Waals surface area contributed by atoms with Gasteiger partial charge in [0.25, 0.3) is 0 Å². The molecule has 1 aliphatic heterocycles. The summed E-state index contributed by atoms with van der Waals surface area (Å²) in [5.74, 6) is 1.12. The number of nitrogens with zero attached hydrogens (tertiary/aromatic N) is 2. The molecule has 0 aliphatic carbocycles. The van der Waals surface area contributed by atoms with Gasteiger partial charge in [0.1, 0.15) is 5.37 Å². The Bertz CT molecular complexity index is 653. The number of benzene rings is 1. The van der Waals surface area contributed by atoms with Crippen LogP contribution < -0.4 is 0 Å². The Hall–Kier alpha value is -1.95. The van der Waals surface area contributed by atoms with E-state index in [2.05, 4.69) is 4.98 Å². The van der Waals surface area contributed by atoms with Gasteiger partial charge in [-0.2, -0.15) is 0 Å². The predicted octanol–water partition coefficient (Wildman–Crippen LogP) is 1.78. The van der Waals surface area contributed by atoms with Gasteiger partial charge in [-0.05, 0) is 0 Å². The molecule has 104 valence electrons. The largest absolute Gasteiger partial charge is 0.439 e. The lowest BCUT2D eigenvalue weighted by Gasteiger charge is -2.37. The Labute approximate surface area is 119 Å². The van der Waals surface area contributed by atoms with Crippen molar-refractivity contribution in [2.75, 3.05) is 6.26 Å². The van der Waals surface area contributed by atoms with Crippen LogP contribution in [0, 0.1) is 0 Å². The lowest BCUT2D eigenvalue weighted by Crippen LogP contribution is -2.53. The molecule has 1 amide bonds. The van der Waals surface area contributed by atoms with Crippen LogP contribution in [0.4, 0.5) is 0 Å². The summed E-state index contributed by atoms with van der Waals surface area (Å²) in [5.41, 5.74) is 0.941. The maximum atomic E-state index is 11.5. The number of carbonyl (C=O) groups is 1. The monoisotopic (exact) mass is 290 g/mol. The van der Waals surface area contributed by atoms with Crippen molar-refractivity contribution >= 4 is 16.7 Å². The summed E-state index contributed by atoms with van der Waals surface area (Å²) in [5, 5.41) is -0.213. The van der Waals surface area contributed by atoms with Gasteiger partial charge in [-0.25, -0.2) is 4.98 Å². The van der Waals surface area contributed by atoms with E-state index in [1.807, 2.05) is 30.3 Å². The topological polar surface area (TPSA) is 63.4 Å². The average molecular weight is 290 g/mol. The zero-order valence-corrected chi connectivity index (χ0v) is 11.8. The molecule has 0 bridgehead atoms. The molecular weight excluding hydrogens is 276 g/mol. The number of rotatable bonds is 4. The number of carbonyl (C=O) groups excluding carboxylic acids is 1. The quantitative estimate of drug-likeness (QED) is 0.805. The third-order valence-corrected chi connectivity index (χ3v) is 4.51. The molecule has 1 aromatic heterocycles. The summed E-state index contributed by atoms with van der Waals surface area (Å²) in [6.07, 6.45) is 3.59. The molecule has 2 heterocycles. The number of likely N-dealkylation sites (tertiary alicyclic amines) is 1. The van der Waals surface area contributed by atoms with Crippen LogP contribution in [0.3, 0.4) is 0 Å². The highest BCUT2D eigenvalue weighted by atomic mass is 32.2. The van der Waals surface area contributed by atoms with Gasteiger partial charge in [-0.15, -0.1) is 0 Å². The fraction of sp³-hybridized carbons (Fsp3) is 0.286. The Morgan fingerprint density at radius 2 is 2.15 bits per heavy atom. The second-order valence-corrected chi connectivity index (χ2v) is 6.20. The molecule has 0 spiro atoms. The maximum Gasteiger partial charge on any atom is 0.227 e. The molecule has 5 nitrogen and oxygen atoms in total. The molecule has 1 saturated heterocycles. The van der Waals surface area contributed by atoms with Gasteiger partial charge < -0.3 is 9.32 Å². The predicted molar refractivity (Wildman–Crippen MR) is 75.0 cm³/mol. The number of hydrogen-bond donors (Lipinski definition) is 0. The van der Waals surface area contributed by atoms with Crippen molar-refractivity contribution in [1.82, 2.24) is 9.88 Å². The van der Waals surface area contributed by atoms with E-state index in [0.717, 1.165) is 5.56 Å². The highest BCUT2D eigenvalue weighted by Gasteiger charge is 2.39.